The number of phenolic OH excluding ortho intramolecular Hbond substituents is 1. The lowest BCUT2D eigenvalue weighted by Gasteiger charge is -2.18. The average molecular weight is 569 g/mol. The highest BCUT2D eigenvalue weighted by Gasteiger charge is 2.27. The lowest BCUT2D eigenvalue weighted by molar-refractivity contribution is -0.145. The van der Waals surface area contributed by atoms with Crippen molar-refractivity contribution in [2.75, 3.05) is 6.26 Å². The van der Waals surface area contributed by atoms with E-state index in [4.69, 9.17) is 11.1 Å². The van der Waals surface area contributed by atoms with Gasteiger partial charge in [0, 0.05) is 26.1 Å². The zero-order valence-corrected chi connectivity index (χ0v) is 21.3. The van der Waals surface area contributed by atoms with Gasteiger partial charge in [0.1, 0.15) is 17.4 Å². The van der Waals surface area contributed by atoms with Gasteiger partial charge in [0.05, 0.1) is 28.9 Å². The molecular weight excluding hydrogens is 548 g/mol. The molecule has 9 nitrogen and oxygen atoms in total. The number of carboxylic acids is 2. The first-order valence-corrected chi connectivity index (χ1v) is 12.6. The second kappa shape index (κ2) is 10.0. The van der Waals surface area contributed by atoms with Crippen molar-refractivity contribution in [3.05, 3.63) is 64.1 Å². The minimum Gasteiger partial charge on any atom is -0.507 e. The van der Waals surface area contributed by atoms with E-state index in [1.54, 1.807) is 24.3 Å². The molecule has 184 valence electrons. The van der Waals surface area contributed by atoms with Crippen molar-refractivity contribution in [3.63, 3.8) is 0 Å². The van der Waals surface area contributed by atoms with Crippen LogP contribution in [-0.4, -0.2) is 49.3 Å². The Morgan fingerprint density at radius 3 is 2.47 bits per heavy atom. The molecule has 0 spiro atoms. The number of nitrogen functional groups attached to an aromatic ring is 1. The second-order valence-electron chi connectivity index (χ2n) is 8.03. The van der Waals surface area contributed by atoms with Crippen LogP contribution in [-0.2, 0) is 9.59 Å². The number of benzene rings is 3. The predicted molar refractivity (Wildman–Crippen MR) is 142 cm³/mol. The second-order valence-corrected chi connectivity index (χ2v) is 9.79. The Kier molecular flexibility index (Phi) is 7.04. The van der Waals surface area contributed by atoms with Crippen LogP contribution in [0.25, 0.3) is 33.5 Å². The predicted octanol–water partition coefficient (Wildman–Crippen LogP) is 5.01. The molecule has 1 atom stereocenters. The van der Waals surface area contributed by atoms with E-state index in [-0.39, 0.29) is 28.5 Å². The highest BCUT2D eigenvalue weighted by atomic mass is 79.9. The van der Waals surface area contributed by atoms with Crippen LogP contribution in [0.1, 0.15) is 23.5 Å². The summed E-state index contributed by atoms with van der Waals surface area (Å²) < 4.78 is 0.752. The van der Waals surface area contributed by atoms with E-state index in [9.17, 15) is 24.9 Å². The van der Waals surface area contributed by atoms with Crippen molar-refractivity contribution in [3.8, 4) is 28.3 Å². The highest BCUT2D eigenvalue weighted by molar-refractivity contribution is 9.10. The zero-order valence-electron chi connectivity index (χ0n) is 18.9. The molecule has 3 aromatic carbocycles. The highest BCUT2D eigenvalue weighted by Crippen LogP contribution is 2.44. The van der Waals surface area contributed by atoms with E-state index >= 15 is 0 Å². The Hall–Kier alpha value is -3.83. The van der Waals surface area contributed by atoms with Gasteiger partial charge in [-0.15, -0.1) is 11.8 Å². The number of aromatic nitrogens is 2. The number of imidazole rings is 1. The number of hydrogen-bond donors (Lipinski definition) is 6. The molecule has 0 saturated heterocycles. The van der Waals surface area contributed by atoms with Gasteiger partial charge in [-0.1, -0.05) is 15.9 Å². The Labute approximate surface area is 218 Å². The van der Waals surface area contributed by atoms with Gasteiger partial charge >= 0.3 is 11.9 Å². The topological polar surface area (TPSA) is 173 Å². The maximum absolute atomic E-state index is 12.0. The molecule has 36 heavy (non-hydrogen) atoms. The molecule has 1 aromatic heterocycles. The number of nitrogens with two attached hydrogens (primary N) is 1. The summed E-state index contributed by atoms with van der Waals surface area (Å²) in [6.07, 6.45) is 1.25. The Bertz CT molecular complexity index is 1530. The fraction of sp³-hybridized carbons (Fsp3) is 0.120. The Morgan fingerprint density at radius 1 is 1.11 bits per heavy atom. The van der Waals surface area contributed by atoms with Crippen LogP contribution >= 0.6 is 27.7 Å². The Morgan fingerprint density at radius 2 is 1.83 bits per heavy atom. The number of nitrogens with one attached hydrogen (secondary N) is 2. The van der Waals surface area contributed by atoms with Crippen molar-refractivity contribution in [1.82, 2.24) is 9.97 Å². The molecule has 0 aliphatic rings. The van der Waals surface area contributed by atoms with E-state index in [1.165, 1.54) is 23.9 Å². The molecule has 4 rings (SSSR count). The molecule has 0 radical (unpaired) electrons. The summed E-state index contributed by atoms with van der Waals surface area (Å²) in [5.41, 5.74) is 8.60. The number of aromatic amines is 1. The van der Waals surface area contributed by atoms with Crippen molar-refractivity contribution >= 4 is 56.5 Å². The first kappa shape index (κ1) is 25.3. The monoisotopic (exact) mass is 568 g/mol. The van der Waals surface area contributed by atoms with Crippen LogP contribution in [0.5, 0.6) is 5.75 Å². The van der Waals surface area contributed by atoms with Gasteiger partial charge in [0.2, 0.25) is 0 Å². The van der Waals surface area contributed by atoms with Crippen LogP contribution in [0.15, 0.2) is 57.9 Å². The number of phenols is 1. The van der Waals surface area contributed by atoms with Gasteiger partial charge in [0.25, 0.3) is 0 Å². The normalized spacial score (nSPS) is 11.9. The molecule has 11 heteroatoms. The molecule has 0 saturated carbocycles. The first-order chi connectivity index (χ1) is 17.1. The van der Waals surface area contributed by atoms with Crippen LogP contribution in [0.4, 0.5) is 0 Å². The SMILES string of the molecule is CSc1ccc(Br)cc1-c1cc(C(CC(=O)O)C(=O)O)cc(-c2nc3cc(C(=N)N)ccc3[nH]2)c1O. The Balaban J connectivity index is 2.01. The number of carboxylic acid groups (broad SMARTS) is 2. The van der Waals surface area contributed by atoms with Crippen LogP contribution < -0.4 is 5.73 Å². The summed E-state index contributed by atoms with van der Waals surface area (Å²) in [4.78, 5) is 32.0. The number of halogens is 1. The van der Waals surface area contributed by atoms with E-state index < -0.39 is 24.3 Å². The third-order valence-corrected chi connectivity index (χ3v) is 7.00. The molecule has 0 fully saturated rings. The lowest BCUT2D eigenvalue weighted by Crippen LogP contribution is -2.16. The third kappa shape index (κ3) is 4.93. The van der Waals surface area contributed by atoms with Gasteiger partial charge in [-0.25, -0.2) is 4.98 Å². The number of H-pyrrole nitrogens is 1. The molecule has 1 heterocycles. The number of aromatic hydroxyl groups is 1. The largest absolute Gasteiger partial charge is 0.507 e. The first-order valence-electron chi connectivity index (χ1n) is 10.6. The van der Waals surface area contributed by atoms with Gasteiger partial charge in [-0.3, -0.25) is 15.0 Å². The van der Waals surface area contributed by atoms with E-state index in [1.807, 2.05) is 18.4 Å². The molecule has 0 aliphatic carbocycles. The van der Waals surface area contributed by atoms with Gasteiger partial charge in [0.15, 0.2) is 0 Å². The van der Waals surface area contributed by atoms with Crippen molar-refractivity contribution in [2.24, 2.45) is 5.73 Å². The molecule has 0 aliphatic heterocycles. The molecule has 1 unspecified atom stereocenters. The average Bonchev–Trinajstić information content (AvgIpc) is 3.25. The minimum atomic E-state index is -1.35. The number of aliphatic carboxylic acids is 2. The zero-order chi connectivity index (χ0) is 26.1. The van der Waals surface area contributed by atoms with E-state index in [2.05, 4.69) is 25.9 Å². The van der Waals surface area contributed by atoms with E-state index in [0.717, 1.165) is 9.37 Å². The smallest absolute Gasteiger partial charge is 0.311 e. The number of fused-ring (bicyclic) bond motifs is 1. The summed E-state index contributed by atoms with van der Waals surface area (Å²) in [6, 6.07) is 13.5. The van der Waals surface area contributed by atoms with Gasteiger partial charge in [-0.2, -0.15) is 0 Å². The van der Waals surface area contributed by atoms with Crippen molar-refractivity contribution in [2.45, 2.75) is 17.2 Å². The van der Waals surface area contributed by atoms with Crippen LogP contribution in [0.2, 0.25) is 0 Å². The fourth-order valence-corrected chi connectivity index (χ4v) is 4.91. The van der Waals surface area contributed by atoms with E-state index in [0.29, 0.717) is 27.7 Å². The number of nitrogens with zero attached hydrogens (tertiary/aromatic N) is 1. The van der Waals surface area contributed by atoms with Gasteiger partial charge < -0.3 is 26.0 Å². The third-order valence-electron chi connectivity index (χ3n) is 5.71. The van der Waals surface area contributed by atoms with Crippen molar-refractivity contribution < 1.29 is 24.9 Å². The maximum atomic E-state index is 12.0. The molecule has 4 aromatic rings. The number of thioether (sulfide) groups is 1. The summed E-state index contributed by atoms with van der Waals surface area (Å²) in [7, 11) is 0. The summed E-state index contributed by atoms with van der Waals surface area (Å²) in [5, 5.41) is 38.2. The molecule has 0 amide bonds. The lowest BCUT2D eigenvalue weighted by atomic mass is 9.89. The number of carbonyl (C=O) groups is 2. The molecule has 0 bridgehead atoms. The number of amidine groups is 1. The van der Waals surface area contributed by atoms with Gasteiger partial charge in [-0.05, 0) is 60.4 Å². The number of hydrogen-bond acceptors (Lipinski definition) is 6. The quantitative estimate of drug-likeness (QED) is 0.0975. The minimum absolute atomic E-state index is 0.120. The standard InChI is InChI=1S/C25H21BrN4O5S/c1-36-20-5-3-13(26)9-15(20)16-6-12(14(25(34)35)10-21(31)32)7-17(22(16)33)24-29-18-4-2-11(23(27)28)8-19(18)30-24/h2-9,14,33H,10H2,1H3,(H3,27,28)(H,29,30)(H,31,32)(H,34,35). The summed E-state index contributed by atoms with van der Waals surface area (Å²) in [5.74, 6) is -3.91. The maximum Gasteiger partial charge on any atom is 0.311 e. The fourth-order valence-electron chi connectivity index (χ4n) is 3.96. The van der Waals surface area contributed by atoms with Crippen LogP contribution in [0.3, 0.4) is 0 Å². The number of rotatable bonds is 8. The molecular formula is C25H21BrN4O5S. The summed E-state index contributed by atoms with van der Waals surface area (Å²) in [6.45, 7) is 0. The van der Waals surface area contributed by atoms with Crippen LogP contribution in [0, 0.1) is 5.41 Å². The molecule has 7 N–H and O–H groups in total. The summed E-state index contributed by atoms with van der Waals surface area (Å²) >= 11 is 4.90. The van der Waals surface area contributed by atoms with Crippen molar-refractivity contribution in [1.29, 1.82) is 5.41 Å².